The zero-order chi connectivity index (χ0) is 11.4. The zero-order valence-corrected chi connectivity index (χ0v) is 11.5. The molecule has 2 rings (SSSR count). The van der Waals surface area contributed by atoms with Gasteiger partial charge in [-0.05, 0) is 53.1 Å². The van der Waals surface area contributed by atoms with E-state index in [0.717, 1.165) is 19.4 Å². The van der Waals surface area contributed by atoms with Crippen LogP contribution in [0.15, 0.2) is 24.3 Å². The lowest BCUT2D eigenvalue weighted by Gasteiger charge is -2.28. The lowest BCUT2D eigenvalue weighted by atomic mass is 9.92. The van der Waals surface area contributed by atoms with Crippen molar-refractivity contribution in [3.05, 3.63) is 33.4 Å². The summed E-state index contributed by atoms with van der Waals surface area (Å²) in [5.74, 6) is 0. The molecule has 1 aliphatic rings. The van der Waals surface area contributed by atoms with Gasteiger partial charge in [0.1, 0.15) is 0 Å². The Morgan fingerprint density at radius 3 is 2.56 bits per heavy atom. The van der Waals surface area contributed by atoms with Gasteiger partial charge in [0.2, 0.25) is 0 Å². The molecule has 2 unspecified atom stereocenters. The highest BCUT2D eigenvalue weighted by Gasteiger charge is 2.21. The van der Waals surface area contributed by atoms with Crippen LogP contribution in [0.1, 0.15) is 31.2 Å². The van der Waals surface area contributed by atoms with Gasteiger partial charge < -0.3 is 10.4 Å². The summed E-state index contributed by atoms with van der Waals surface area (Å²) < 4.78 is 1.26. The van der Waals surface area contributed by atoms with Crippen LogP contribution >= 0.6 is 22.6 Å². The van der Waals surface area contributed by atoms with Crippen molar-refractivity contribution in [1.82, 2.24) is 5.32 Å². The fraction of sp³-hybridized carbons (Fsp3) is 0.538. The van der Waals surface area contributed by atoms with Crippen molar-refractivity contribution in [3.63, 3.8) is 0 Å². The molecule has 0 bridgehead atoms. The maximum Gasteiger partial charge on any atom is 0.0693 e. The molecule has 0 aromatic heterocycles. The van der Waals surface area contributed by atoms with Gasteiger partial charge in [0.05, 0.1) is 6.10 Å². The van der Waals surface area contributed by atoms with Crippen molar-refractivity contribution in [1.29, 1.82) is 0 Å². The van der Waals surface area contributed by atoms with Gasteiger partial charge in [-0.2, -0.15) is 0 Å². The summed E-state index contributed by atoms with van der Waals surface area (Å²) in [5, 5.41) is 13.3. The first-order chi connectivity index (χ1) is 7.75. The van der Waals surface area contributed by atoms with Gasteiger partial charge in [-0.25, -0.2) is 0 Å². The Hall–Kier alpha value is -0.130. The first-order valence-electron chi connectivity index (χ1n) is 5.91. The maximum absolute atomic E-state index is 9.83. The molecule has 1 aliphatic carbocycles. The maximum atomic E-state index is 9.83. The lowest BCUT2D eigenvalue weighted by molar-refractivity contribution is 0.0902. The molecule has 3 heteroatoms. The molecule has 2 nitrogen and oxygen atoms in total. The van der Waals surface area contributed by atoms with Gasteiger partial charge in [0, 0.05) is 16.2 Å². The second-order valence-electron chi connectivity index (χ2n) is 4.47. The first-order valence-corrected chi connectivity index (χ1v) is 6.99. The summed E-state index contributed by atoms with van der Waals surface area (Å²) in [6, 6.07) is 8.81. The van der Waals surface area contributed by atoms with Gasteiger partial charge in [-0.1, -0.05) is 25.0 Å². The third-order valence-corrected chi connectivity index (χ3v) is 3.93. The number of rotatable bonds is 3. The van der Waals surface area contributed by atoms with Crippen molar-refractivity contribution in [2.45, 2.75) is 44.4 Å². The third kappa shape index (κ3) is 3.43. The van der Waals surface area contributed by atoms with Crippen molar-refractivity contribution >= 4 is 22.6 Å². The summed E-state index contributed by atoms with van der Waals surface area (Å²) in [4.78, 5) is 0. The number of aliphatic hydroxyl groups is 1. The molecule has 16 heavy (non-hydrogen) atoms. The highest BCUT2D eigenvalue weighted by Crippen LogP contribution is 2.18. The Kier molecular flexibility index (Phi) is 4.61. The smallest absolute Gasteiger partial charge is 0.0693 e. The Bertz CT molecular complexity index is 325. The van der Waals surface area contributed by atoms with Crippen LogP contribution in [0.25, 0.3) is 0 Å². The van der Waals surface area contributed by atoms with Crippen LogP contribution in [0.4, 0.5) is 0 Å². The molecule has 0 saturated heterocycles. The van der Waals surface area contributed by atoms with Crippen LogP contribution in [0, 0.1) is 3.57 Å². The van der Waals surface area contributed by atoms with Crippen LogP contribution in [-0.2, 0) is 6.54 Å². The Labute approximate surface area is 111 Å². The van der Waals surface area contributed by atoms with E-state index in [0.29, 0.717) is 0 Å². The lowest BCUT2D eigenvalue weighted by Crippen LogP contribution is -2.41. The van der Waals surface area contributed by atoms with Crippen LogP contribution in [0.5, 0.6) is 0 Å². The van der Waals surface area contributed by atoms with Crippen LogP contribution in [-0.4, -0.2) is 17.3 Å². The predicted molar refractivity (Wildman–Crippen MR) is 74.3 cm³/mol. The fourth-order valence-corrected chi connectivity index (χ4v) is 2.56. The van der Waals surface area contributed by atoms with Crippen molar-refractivity contribution < 1.29 is 5.11 Å². The molecule has 0 radical (unpaired) electrons. The zero-order valence-electron chi connectivity index (χ0n) is 9.32. The van der Waals surface area contributed by atoms with E-state index in [2.05, 4.69) is 52.2 Å². The molecule has 2 N–H and O–H groups in total. The van der Waals surface area contributed by atoms with Crippen molar-refractivity contribution in [2.24, 2.45) is 0 Å². The third-order valence-electron chi connectivity index (χ3n) is 3.21. The van der Waals surface area contributed by atoms with Crippen LogP contribution < -0.4 is 5.32 Å². The summed E-state index contributed by atoms with van der Waals surface area (Å²) in [6.07, 6.45) is 4.30. The van der Waals surface area contributed by atoms with E-state index < -0.39 is 0 Å². The molecule has 88 valence electrons. The average molecular weight is 331 g/mol. The molecule has 0 spiro atoms. The average Bonchev–Trinajstić information content (AvgIpc) is 2.30. The van der Waals surface area contributed by atoms with Gasteiger partial charge in [-0.3, -0.25) is 0 Å². The van der Waals surface area contributed by atoms with Gasteiger partial charge >= 0.3 is 0 Å². The van der Waals surface area contributed by atoms with E-state index in [4.69, 9.17) is 0 Å². The number of benzene rings is 1. The molecular weight excluding hydrogens is 313 g/mol. The Balaban J connectivity index is 1.84. The van der Waals surface area contributed by atoms with E-state index in [-0.39, 0.29) is 12.1 Å². The summed E-state index contributed by atoms with van der Waals surface area (Å²) in [5.41, 5.74) is 1.29. The standard InChI is InChI=1S/C13H18INO/c14-11-7-5-10(6-8-11)9-15-12-3-1-2-4-13(12)16/h5-8,12-13,15-16H,1-4,9H2. The quantitative estimate of drug-likeness (QED) is 0.835. The number of hydrogen-bond acceptors (Lipinski definition) is 2. The summed E-state index contributed by atoms with van der Waals surface area (Å²) in [6.45, 7) is 0.860. The van der Waals surface area contributed by atoms with Crippen molar-refractivity contribution in [2.75, 3.05) is 0 Å². The van der Waals surface area contributed by atoms with Gasteiger partial charge in [0.15, 0.2) is 0 Å². The molecule has 1 saturated carbocycles. The second-order valence-corrected chi connectivity index (χ2v) is 5.71. The van der Waals surface area contributed by atoms with E-state index >= 15 is 0 Å². The largest absolute Gasteiger partial charge is 0.392 e. The monoisotopic (exact) mass is 331 g/mol. The first kappa shape index (κ1) is 12.3. The minimum Gasteiger partial charge on any atom is -0.392 e. The minimum atomic E-state index is -0.155. The summed E-state index contributed by atoms with van der Waals surface area (Å²) in [7, 11) is 0. The molecule has 1 fully saturated rings. The highest BCUT2D eigenvalue weighted by molar-refractivity contribution is 14.1. The Morgan fingerprint density at radius 1 is 1.19 bits per heavy atom. The molecule has 0 aliphatic heterocycles. The van der Waals surface area contributed by atoms with E-state index in [9.17, 15) is 5.11 Å². The number of aliphatic hydroxyl groups excluding tert-OH is 1. The molecular formula is C13H18INO. The summed E-state index contributed by atoms with van der Waals surface area (Å²) >= 11 is 2.31. The van der Waals surface area contributed by atoms with E-state index in [1.807, 2.05) is 0 Å². The van der Waals surface area contributed by atoms with Crippen LogP contribution in [0.3, 0.4) is 0 Å². The molecule has 0 heterocycles. The second kappa shape index (κ2) is 5.98. The SMILES string of the molecule is OC1CCCCC1NCc1ccc(I)cc1. The van der Waals surface area contributed by atoms with Gasteiger partial charge in [0.25, 0.3) is 0 Å². The van der Waals surface area contributed by atoms with Crippen molar-refractivity contribution in [3.8, 4) is 0 Å². The fourth-order valence-electron chi connectivity index (χ4n) is 2.20. The predicted octanol–water partition coefficient (Wildman–Crippen LogP) is 2.68. The Morgan fingerprint density at radius 2 is 1.88 bits per heavy atom. The topological polar surface area (TPSA) is 32.3 Å². The molecule has 1 aromatic rings. The number of nitrogens with one attached hydrogen (secondary N) is 1. The normalized spacial score (nSPS) is 25.6. The molecule has 1 aromatic carbocycles. The van der Waals surface area contributed by atoms with E-state index in [1.165, 1.54) is 22.0 Å². The highest BCUT2D eigenvalue weighted by atomic mass is 127. The molecule has 0 amide bonds. The number of halogens is 1. The van der Waals surface area contributed by atoms with Gasteiger partial charge in [-0.15, -0.1) is 0 Å². The molecule has 2 atom stereocenters. The minimum absolute atomic E-state index is 0.155. The van der Waals surface area contributed by atoms with E-state index in [1.54, 1.807) is 0 Å². The number of hydrogen-bond donors (Lipinski definition) is 2. The van der Waals surface area contributed by atoms with Crippen LogP contribution in [0.2, 0.25) is 0 Å².